The fourth-order valence-corrected chi connectivity index (χ4v) is 1.29. The zero-order chi connectivity index (χ0) is 6.85. The van der Waals surface area contributed by atoms with Gasteiger partial charge in [-0.3, -0.25) is 9.59 Å². The van der Waals surface area contributed by atoms with Gasteiger partial charge < -0.3 is 4.90 Å². The van der Waals surface area contributed by atoms with Crippen LogP contribution >= 0.6 is 11.8 Å². The van der Waals surface area contributed by atoms with Crippen molar-refractivity contribution in [3.8, 4) is 0 Å². The van der Waals surface area contributed by atoms with E-state index in [4.69, 9.17) is 0 Å². The summed E-state index contributed by atoms with van der Waals surface area (Å²) in [6.45, 7) is 0.579. The predicted molar refractivity (Wildman–Crippen MR) is 34.5 cm³/mol. The highest BCUT2D eigenvalue weighted by atomic mass is 32.2. The maximum atomic E-state index is 10.6. The molecular weight excluding hydrogens is 138 g/mol. The van der Waals surface area contributed by atoms with Gasteiger partial charge in [-0.25, -0.2) is 0 Å². The van der Waals surface area contributed by atoms with Crippen LogP contribution < -0.4 is 0 Å². The second-order valence-electron chi connectivity index (χ2n) is 1.70. The summed E-state index contributed by atoms with van der Waals surface area (Å²) in [6, 6.07) is 0. The van der Waals surface area contributed by atoms with Gasteiger partial charge in [0.15, 0.2) is 0 Å². The average Bonchev–Trinajstić information content (AvgIpc) is 1.83. The van der Waals surface area contributed by atoms with Crippen LogP contribution in [-0.2, 0) is 9.59 Å². The van der Waals surface area contributed by atoms with Crippen molar-refractivity contribution in [3.05, 3.63) is 7.05 Å². The minimum atomic E-state index is -0.480. The predicted octanol–water partition coefficient (Wildman–Crippen LogP) is -0.120. The van der Waals surface area contributed by atoms with Crippen molar-refractivity contribution < 1.29 is 9.59 Å². The summed E-state index contributed by atoms with van der Waals surface area (Å²) in [7, 11) is 3.38. The normalized spacial score (nSPS) is 20.8. The van der Waals surface area contributed by atoms with Crippen molar-refractivity contribution in [1.82, 2.24) is 4.90 Å². The molecule has 1 aliphatic rings. The molecule has 0 bridgehead atoms. The molecule has 1 radical (unpaired) electrons. The van der Waals surface area contributed by atoms with Crippen LogP contribution in [0.2, 0.25) is 0 Å². The fourth-order valence-electron chi connectivity index (χ4n) is 0.541. The van der Waals surface area contributed by atoms with Crippen LogP contribution in [0.5, 0.6) is 0 Å². The molecule has 1 saturated heterocycles. The topological polar surface area (TPSA) is 37.4 Å². The molecule has 0 aliphatic carbocycles. The van der Waals surface area contributed by atoms with Gasteiger partial charge in [-0.1, -0.05) is 11.8 Å². The highest BCUT2D eigenvalue weighted by Crippen LogP contribution is 2.10. The van der Waals surface area contributed by atoms with Gasteiger partial charge in [0.25, 0.3) is 5.12 Å². The molecule has 0 atom stereocenters. The van der Waals surface area contributed by atoms with Crippen LogP contribution in [0.3, 0.4) is 0 Å². The molecule has 0 N–H and O–H groups in total. The second-order valence-corrected chi connectivity index (χ2v) is 2.77. The third-order valence-electron chi connectivity index (χ3n) is 1.06. The molecule has 0 aromatic rings. The number of nitrogens with zero attached hydrogens (tertiary/aromatic N) is 1. The van der Waals surface area contributed by atoms with Gasteiger partial charge in [0.1, 0.15) is 0 Å². The first-order valence-electron chi connectivity index (χ1n) is 2.51. The molecule has 49 valence electrons. The van der Waals surface area contributed by atoms with Crippen LogP contribution in [0.1, 0.15) is 0 Å². The van der Waals surface area contributed by atoms with E-state index in [0.717, 1.165) is 11.8 Å². The van der Waals surface area contributed by atoms with Crippen molar-refractivity contribution in [2.75, 3.05) is 12.3 Å². The summed E-state index contributed by atoms with van der Waals surface area (Å²) >= 11 is 1.06. The third kappa shape index (κ3) is 1.24. The molecule has 1 amide bonds. The first kappa shape index (κ1) is 6.61. The number of thioether (sulfide) groups is 1. The Morgan fingerprint density at radius 3 is 2.67 bits per heavy atom. The van der Waals surface area contributed by atoms with E-state index in [0.29, 0.717) is 12.3 Å². The lowest BCUT2D eigenvalue weighted by Crippen LogP contribution is -2.36. The Hall–Kier alpha value is -0.510. The Balaban J connectivity index is 2.62. The second kappa shape index (κ2) is 2.39. The van der Waals surface area contributed by atoms with Gasteiger partial charge in [-0.05, 0) is 0 Å². The van der Waals surface area contributed by atoms with Gasteiger partial charge in [0.2, 0.25) is 0 Å². The van der Waals surface area contributed by atoms with Gasteiger partial charge in [-0.15, -0.1) is 0 Å². The van der Waals surface area contributed by atoms with E-state index in [9.17, 15) is 9.59 Å². The van der Waals surface area contributed by atoms with Crippen LogP contribution in [0.15, 0.2) is 0 Å². The third-order valence-corrected chi connectivity index (χ3v) is 1.88. The molecule has 0 aromatic heterocycles. The van der Waals surface area contributed by atoms with Crippen molar-refractivity contribution >= 4 is 22.8 Å². The highest BCUT2D eigenvalue weighted by Gasteiger charge is 2.23. The first-order valence-corrected chi connectivity index (χ1v) is 3.49. The van der Waals surface area contributed by atoms with Crippen molar-refractivity contribution in [2.45, 2.75) is 0 Å². The molecule has 0 spiro atoms. The molecule has 0 unspecified atom stereocenters. The molecule has 4 heteroatoms. The summed E-state index contributed by atoms with van der Waals surface area (Å²) in [6.07, 6.45) is 0. The molecule has 0 saturated carbocycles. The maximum Gasteiger partial charge on any atom is 0.301 e. The van der Waals surface area contributed by atoms with Gasteiger partial charge in [0, 0.05) is 19.3 Å². The van der Waals surface area contributed by atoms with Gasteiger partial charge >= 0.3 is 5.91 Å². The Labute approximate surface area is 57.4 Å². The SMILES string of the molecule is [CH2]N1CCSC(=O)C1=O. The lowest BCUT2D eigenvalue weighted by atomic mass is 10.5. The molecule has 0 aromatic carbocycles. The van der Waals surface area contributed by atoms with Gasteiger partial charge in [-0.2, -0.15) is 0 Å². The van der Waals surface area contributed by atoms with E-state index >= 15 is 0 Å². The largest absolute Gasteiger partial charge is 0.333 e. The zero-order valence-corrected chi connectivity index (χ0v) is 5.61. The standard InChI is InChI=1S/C5H6NO2S/c1-6-2-3-9-5(8)4(6)7/h1-3H2. The van der Waals surface area contributed by atoms with Crippen molar-refractivity contribution in [2.24, 2.45) is 0 Å². The molecular formula is C5H6NO2S. The van der Waals surface area contributed by atoms with E-state index in [-0.39, 0.29) is 0 Å². The number of hydrogen-bond acceptors (Lipinski definition) is 3. The van der Waals surface area contributed by atoms with E-state index in [1.165, 1.54) is 4.90 Å². The highest BCUT2D eigenvalue weighted by molar-refractivity contribution is 8.15. The lowest BCUT2D eigenvalue weighted by molar-refractivity contribution is -0.138. The summed E-state index contributed by atoms with van der Waals surface area (Å²) < 4.78 is 0. The van der Waals surface area contributed by atoms with Crippen LogP contribution in [0.25, 0.3) is 0 Å². The molecule has 1 heterocycles. The smallest absolute Gasteiger partial charge is 0.301 e. The quantitative estimate of drug-likeness (QED) is 0.445. The van der Waals surface area contributed by atoms with E-state index in [1.807, 2.05) is 0 Å². The Kier molecular flexibility index (Phi) is 1.75. The fraction of sp³-hybridized carbons (Fsp3) is 0.400. The molecule has 9 heavy (non-hydrogen) atoms. The minimum absolute atomic E-state index is 0.392. The number of amides is 1. The van der Waals surface area contributed by atoms with Crippen molar-refractivity contribution in [1.29, 1.82) is 0 Å². The van der Waals surface area contributed by atoms with Crippen LogP contribution in [0, 0.1) is 7.05 Å². The number of hydrogen-bond donors (Lipinski definition) is 0. The summed E-state index contributed by atoms with van der Waals surface area (Å²) in [4.78, 5) is 22.3. The first-order chi connectivity index (χ1) is 4.22. The van der Waals surface area contributed by atoms with E-state index in [1.54, 1.807) is 0 Å². The number of carbonyl (C=O) groups is 2. The van der Waals surface area contributed by atoms with Crippen molar-refractivity contribution in [3.63, 3.8) is 0 Å². The monoisotopic (exact) mass is 144 g/mol. The Morgan fingerprint density at radius 2 is 2.22 bits per heavy atom. The average molecular weight is 144 g/mol. The molecule has 1 aliphatic heterocycles. The minimum Gasteiger partial charge on any atom is -0.333 e. The summed E-state index contributed by atoms with van der Waals surface area (Å²) in [5, 5.41) is -0.392. The van der Waals surface area contributed by atoms with E-state index < -0.39 is 11.0 Å². The zero-order valence-electron chi connectivity index (χ0n) is 4.79. The lowest BCUT2D eigenvalue weighted by Gasteiger charge is -2.18. The van der Waals surface area contributed by atoms with Crippen LogP contribution in [0.4, 0.5) is 0 Å². The molecule has 1 fully saturated rings. The Bertz CT molecular complexity index is 157. The molecule has 1 rings (SSSR count). The van der Waals surface area contributed by atoms with Gasteiger partial charge in [0.05, 0.1) is 0 Å². The Morgan fingerprint density at radius 1 is 1.56 bits per heavy atom. The summed E-state index contributed by atoms with van der Waals surface area (Å²) in [5.41, 5.74) is 0. The summed E-state index contributed by atoms with van der Waals surface area (Å²) in [5.74, 6) is 0.194. The van der Waals surface area contributed by atoms with Crippen LogP contribution in [-0.4, -0.2) is 28.2 Å². The van der Waals surface area contributed by atoms with E-state index in [2.05, 4.69) is 7.05 Å². The molecule has 3 nitrogen and oxygen atoms in total. The number of carbonyl (C=O) groups excluding carboxylic acids is 2. The maximum absolute atomic E-state index is 10.6. The number of rotatable bonds is 0.